The quantitative estimate of drug-likeness (QED) is 0.910. The fourth-order valence-electron chi connectivity index (χ4n) is 1.85. The molecule has 0 spiro atoms. The molecule has 108 valence electrons. The van der Waals surface area contributed by atoms with Crippen molar-refractivity contribution in [2.45, 2.75) is 12.6 Å². The first-order valence-corrected chi connectivity index (χ1v) is 6.74. The average Bonchev–Trinajstić information content (AvgIpc) is 2.76. The minimum absolute atomic E-state index is 0.0876. The Kier molecular flexibility index (Phi) is 4.37. The lowest BCUT2D eigenvalue weighted by atomic mass is 10.1. The third-order valence-electron chi connectivity index (χ3n) is 2.77. The minimum atomic E-state index is -4.37. The van der Waals surface area contributed by atoms with Gasteiger partial charge in [0.25, 0.3) is 0 Å². The summed E-state index contributed by atoms with van der Waals surface area (Å²) in [7, 11) is 1.80. The summed E-state index contributed by atoms with van der Waals surface area (Å²) in [6.07, 6.45) is -0.219. The normalized spacial score (nSPS) is 11.7. The summed E-state index contributed by atoms with van der Waals surface area (Å²) in [6, 6.07) is 4.09. The molecule has 1 aromatic carbocycles. The van der Waals surface area contributed by atoms with Gasteiger partial charge in [-0.1, -0.05) is 15.9 Å². The number of rotatable bonds is 4. The first-order chi connectivity index (χ1) is 9.36. The zero-order chi connectivity index (χ0) is 14.8. The molecule has 0 fully saturated rings. The van der Waals surface area contributed by atoms with Crippen LogP contribution >= 0.6 is 15.9 Å². The summed E-state index contributed by atoms with van der Waals surface area (Å²) in [5, 5.41) is 6.84. The number of anilines is 1. The Balaban J connectivity index is 2.06. The smallest absolute Gasteiger partial charge is 0.384 e. The van der Waals surface area contributed by atoms with Gasteiger partial charge in [-0.05, 0) is 30.2 Å². The Labute approximate surface area is 122 Å². The number of halogens is 4. The molecule has 0 aliphatic rings. The van der Waals surface area contributed by atoms with Gasteiger partial charge in [0.05, 0.1) is 11.8 Å². The molecule has 0 saturated carbocycles. The van der Waals surface area contributed by atoms with Crippen LogP contribution in [0, 0.1) is 0 Å². The number of hydrogen-bond acceptors (Lipinski definition) is 2. The predicted molar refractivity (Wildman–Crippen MR) is 74.5 cm³/mol. The number of benzene rings is 1. The summed E-state index contributed by atoms with van der Waals surface area (Å²) in [5.74, 6) is 0. The van der Waals surface area contributed by atoms with Crippen LogP contribution in [0.1, 0.15) is 11.1 Å². The van der Waals surface area contributed by atoms with Crippen LogP contribution in [0.4, 0.5) is 18.9 Å². The van der Waals surface area contributed by atoms with E-state index < -0.39 is 11.7 Å². The number of nitrogens with zero attached hydrogens (tertiary/aromatic N) is 2. The van der Waals surface area contributed by atoms with Crippen molar-refractivity contribution in [3.8, 4) is 0 Å². The summed E-state index contributed by atoms with van der Waals surface area (Å²) in [5.41, 5.74) is 0.397. The van der Waals surface area contributed by atoms with E-state index in [1.54, 1.807) is 24.0 Å². The zero-order valence-corrected chi connectivity index (χ0v) is 12.3. The highest BCUT2D eigenvalue weighted by Crippen LogP contribution is 2.36. The summed E-state index contributed by atoms with van der Waals surface area (Å²) >= 11 is 3.06. The molecule has 1 heterocycles. The lowest BCUT2D eigenvalue weighted by Crippen LogP contribution is -2.12. The number of aryl methyl sites for hydroxylation is 1. The molecule has 0 saturated heterocycles. The van der Waals surface area contributed by atoms with Gasteiger partial charge in [0.1, 0.15) is 0 Å². The molecule has 2 aromatic rings. The molecule has 7 heteroatoms. The van der Waals surface area contributed by atoms with Crippen molar-refractivity contribution >= 4 is 21.6 Å². The highest BCUT2D eigenvalue weighted by atomic mass is 79.9. The molecule has 0 atom stereocenters. The van der Waals surface area contributed by atoms with Gasteiger partial charge < -0.3 is 5.32 Å². The Morgan fingerprint density at radius 2 is 2.10 bits per heavy atom. The van der Waals surface area contributed by atoms with E-state index in [0.717, 1.165) is 11.6 Å². The second kappa shape index (κ2) is 5.87. The second-order valence-electron chi connectivity index (χ2n) is 4.39. The van der Waals surface area contributed by atoms with E-state index in [1.807, 2.05) is 6.20 Å². The second-order valence-corrected chi connectivity index (χ2v) is 5.30. The van der Waals surface area contributed by atoms with E-state index >= 15 is 0 Å². The molecule has 2 rings (SSSR count). The standard InChI is InChI=1S/C13H13BrF3N3/c1-20-8-9(7-19-20)4-5-18-12-3-2-10(14)6-11(12)13(15,16)17/h2-3,6-8,18H,4-5H2,1H3. The van der Waals surface area contributed by atoms with Crippen LogP contribution in [0.2, 0.25) is 0 Å². The maximum absolute atomic E-state index is 12.9. The number of aromatic nitrogens is 2. The molecular weight excluding hydrogens is 335 g/mol. The number of hydrogen-bond donors (Lipinski definition) is 1. The molecule has 20 heavy (non-hydrogen) atoms. The largest absolute Gasteiger partial charge is 0.418 e. The zero-order valence-electron chi connectivity index (χ0n) is 10.7. The summed E-state index contributed by atoms with van der Waals surface area (Å²) < 4.78 is 40.8. The lowest BCUT2D eigenvalue weighted by Gasteiger charge is -2.14. The van der Waals surface area contributed by atoms with Crippen molar-refractivity contribution in [2.75, 3.05) is 11.9 Å². The number of nitrogens with one attached hydrogen (secondary N) is 1. The van der Waals surface area contributed by atoms with Gasteiger partial charge in [-0.3, -0.25) is 4.68 Å². The van der Waals surface area contributed by atoms with E-state index in [2.05, 4.69) is 26.3 Å². The lowest BCUT2D eigenvalue weighted by molar-refractivity contribution is -0.137. The molecule has 3 nitrogen and oxygen atoms in total. The molecule has 0 aliphatic heterocycles. The molecular formula is C13H13BrF3N3. The van der Waals surface area contributed by atoms with E-state index in [1.165, 1.54) is 6.07 Å². The Morgan fingerprint density at radius 3 is 2.70 bits per heavy atom. The Hall–Kier alpha value is -1.50. The van der Waals surface area contributed by atoms with E-state index in [4.69, 9.17) is 0 Å². The fourth-order valence-corrected chi connectivity index (χ4v) is 2.21. The van der Waals surface area contributed by atoms with Gasteiger partial charge in [0.15, 0.2) is 0 Å². The summed E-state index contributed by atoms with van der Waals surface area (Å²) in [6.45, 7) is 0.413. The van der Waals surface area contributed by atoms with Crippen molar-refractivity contribution < 1.29 is 13.2 Å². The van der Waals surface area contributed by atoms with Crippen LogP contribution in [0.15, 0.2) is 35.1 Å². The van der Waals surface area contributed by atoms with E-state index in [0.29, 0.717) is 17.4 Å². The highest BCUT2D eigenvalue weighted by molar-refractivity contribution is 9.10. The van der Waals surface area contributed by atoms with Crippen molar-refractivity contribution in [1.82, 2.24) is 9.78 Å². The van der Waals surface area contributed by atoms with Gasteiger partial charge in [-0.25, -0.2) is 0 Å². The van der Waals surface area contributed by atoms with Crippen LogP contribution in [0.5, 0.6) is 0 Å². The monoisotopic (exact) mass is 347 g/mol. The fraction of sp³-hybridized carbons (Fsp3) is 0.308. The molecule has 0 amide bonds. The third kappa shape index (κ3) is 3.75. The molecule has 1 N–H and O–H groups in total. The van der Waals surface area contributed by atoms with Gasteiger partial charge in [0.2, 0.25) is 0 Å². The van der Waals surface area contributed by atoms with Crippen LogP contribution in [-0.2, 0) is 19.6 Å². The average molecular weight is 348 g/mol. The maximum atomic E-state index is 12.9. The molecule has 0 aliphatic carbocycles. The van der Waals surface area contributed by atoms with Gasteiger partial charge in [-0.2, -0.15) is 18.3 Å². The van der Waals surface area contributed by atoms with Crippen LogP contribution in [0.25, 0.3) is 0 Å². The SMILES string of the molecule is Cn1cc(CCNc2ccc(Br)cc2C(F)(F)F)cn1. The molecule has 0 radical (unpaired) electrons. The van der Waals surface area contributed by atoms with E-state index in [9.17, 15) is 13.2 Å². The van der Waals surface area contributed by atoms with Crippen molar-refractivity contribution in [3.05, 3.63) is 46.2 Å². The minimum Gasteiger partial charge on any atom is -0.384 e. The third-order valence-corrected chi connectivity index (χ3v) is 3.27. The van der Waals surface area contributed by atoms with Crippen LogP contribution in [-0.4, -0.2) is 16.3 Å². The maximum Gasteiger partial charge on any atom is 0.418 e. The highest BCUT2D eigenvalue weighted by Gasteiger charge is 2.33. The van der Waals surface area contributed by atoms with Crippen molar-refractivity contribution in [1.29, 1.82) is 0 Å². The topological polar surface area (TPSA) is 29.9 Å². The predicted octanol–water partition coefficient (Wildman–Crippen LogP) is 3.86. The van der Waals surface area contributed by atoms with Crippen LogP contribution in [0.3, 0.4) is 0 Å². The van der Waals surface area contributed by atoms with Gasteiger partial charge in [0, 0.05) is 29.9 Å². The first kappa shape index (κ1) is 14.9. The van der Waals surface area contributed by atoms with Crippen molar-refractivity contribution in [3.63, 3.8) is 0 Å². The van der Waals surface area contributed by atoms with Gasteiger partial charge >= 0.3 is 6.18 Å². The van der Waals surface area contributed by atoms with Gasteiger partial charge in [-0.15, -0.1) is 0 Å². The Bertz CT molecular complexity index is 593. The molecule has 1 aromatic heterocycles. The van der Waals surface area contributed by atoms with E-state index in [-0.39, 0.29) is 5.69 Å². The molecule has 0 unspecified atom stereocenters. The van der Waals surface area contributed by atoms with Crippen LogP contribution < -0.4 is 5.32 Å². The summed E-state index contributed by atoms with van der Waals surface area (Å²) in [4.78, 5) is 0. The first-order valence-electron chi connectivity index (χ1n) is 5.94. The van der Waals surface area contributed by atoms with Crippen molar-refractivity contribution in [2.24, 2.45) is 7.05 Å². The molecule has 0 bridgehead atoms. The Morgan fingerprint density at radius 1 is 1.35 bits per heavy atom. The number of alkyl halides is 3.